The molecular weight excluding hydrogens is 308 g/mol. The number of ether oxygens (including phenoxy) is 2. The van der Waals surface area contributed by atoms with Crippen LogP contribution in [0.2, 0.25) is 0 Å². The Balaban J connectivity index is 1.69. The van der Waals surface area contributed by atoms with E-state index in [9.17, 15) is 9.59 Å². The minimum absolute atomic E-state index is 0.0727. The zero-order valence-electron chi connectivity index (χ0n) is 14.5. The van der Waals surface area contributed by atoms with Crippen LogP contribution in [0.1, 0.15) is 26.7 Å². The Morgan fingerprint density at radius 3 is 2.17 bits per heavy atom. The van der Waals surface area contributed by atoms with E-state index in [0.29, 0.717) is 58.0 Å². The van der Waals surface area contributed by atoms with E-state index >= 15 is 0 Å². The molecule has 24 heavy (non-hydrogen) atoms. The van der Waals surface area contributed by atoms with Crippen molar-refractivity contribution >= 4 is 11.8 Å². The van der Waals surface area contributed by atoms with E-state index in [4.69, 9.17) is 9.47 Å². The molecule has 6 heteroatoms. The van der Waals surface area contributed by atoms with Gasteiger partial charge >= 0.3 is 0 Å². The molecule has 1 aliphatic heterocycles. The van der Waals surface area contributed by atoms with Crippen molar-refractivity contribution in [2.75, 3.05) is 39.4 Å². The number of rotatable bonds is 7. The Hall–Kier alpha value is -2.24. The highest BCUT2D eigenvalue weighted by molar-refractivity contribution is 5.77. The molecule has 0 spiro atoms. The third-order valence-electron chi connectivity index (χ3n) is 4.02. The molecule has 132 valence electrons. The summed E-state index contributed by atoms with van der Waals surface area (Å²) in [4.78, 5) is 27.1. The first-order valence-electron chi connectivity index (χ1n) is 8.49. The number of carbonyl (C=O) groups is 2. The van der Waals surface area contributed by atoms with Gasteiger partial charge in [0.15, 0.2) is 11.5 Å². The topological polar surface area (TPSA) is 59.1 Å². The average Bonchev–Trinajstić information content (AvgIpc) is 2.60. The normalized spacial score (nSPS) is 14.4. The second-order valence-corrected chi connectivity index (χ2v) is 5.72. The number of nitrogens with zero attached hydrogens (tertiary/aromatic N) is 2. The van der Waals surface area contributed by atoms with Gasteiger partial charge in [-0.2, -0.15) is 0 Å². The molecule has 0 atom stereocenters. The van der Waals surface area contributed by atoms with Gasteiger partial charge in [-0.3, -0.25) is 9.59 Å². The molecule has 1 saturated heterocycles. The Kier molecular flexibility index (Phi) is 6.90. The fraction of sp³-hybridized carbons (Fsp3) is 0.556. The van der Waals surface area contributed by atoms with Gasteiger partial charge in [0.25, 0.3) is 0 Å². The number of hydrogen-bond acceptors (Lipinski definition) is 4. The molecule has 2 amide bonds. The van der Waals surface area contributed by atoms with Gasteiger partial charge in [0, 0.05) is 39.5 Å². The fourth-order valence-corrected chi connectivity index (χ4v) is 2.68. The number of piperazine rings is 1. The maximum absolute atomic E-state index is 12.2. The minimum atomic E-state index is 0.0727. The maximum Gasteiger partial charge on any atom is 0.222 e. The van der Waals surface area contributed by atoms with Crippen LogP contribution in [0.5, 0.6) is 11.5 Å². The van der Waals surface area contributed by atoms with Gasteiger partial charge in [0.05, 0.1) is 13.2 Å². The fourth-order valence-electron chi connectivity index (χ4n) is 2.68. The summed E-state index contributed by atoms with van der Waals surface area (Å²) < 4.78 is 11.2. The summed E-state index contributed by atoms with van der Waals surface area (Å²) >= 11 is 0. The molecule has 0 unspecified atom stereocenters. The zero-order valence-corrected chi connectivity index (χ0v) is 14.5. The summed E-state index contributed by atoms with van der Waals surface area (Å²) in [5.41, 5.74) is 0. The van der Waals surface area contributed by atoms with Crippen LogP contribution in [-0.2, 0) is 9.59 Å². The van der Waals surface area contributed by atoms with E-state index in [1.807, 2.05) is 36.1 Å². The van der Waals surface area contributed by atoms with Gasteiger partial charge in [-0.25, -0.2) is 0 Å². The molecule has 0 radical (unpaired) electrons. The molecule has 1 aromatic rings. The van der Waals surface area contributed by atoms with E-state index in [0.717, 1.165) is 5.75 Å². The summed E-state index contributed by atoms with van der Waals surface area (Å²) in [7, 11) is 0. The van der Waals surface area contributed by atoms with Crippen molar-refractivity contribution in [1.29, 1.82) is 0 Å². The SMILES string of the molecule is CCOc1ccccc1OCCCC(=O)N1CCN(C(C)=O)CC1. The van der Waals surface area contributed by atoms with Crippen molar-refractivity contribution in [1.82, 2.24) is 9.80 Å². The lowest BCUT2D eigenvalue weighted by Crippen LogP contribution is -2.50. The zero-order chi connectivity index (χ0) is 17.4. The Bertz CT molecular complexity index is 554. The highest BCUT2D eigenvalue weighted by Crippen LogP contribution is 2.26. The summed E-state index contributed by atoms with van der Waals surface area (Å²) in [6.45, 7) is 7.04. The second-order valence-electron chi connectivity index (χ2n) is 5.72. The lowest BCUT2D eigenvalue weighted by molar-refractivity contribution is -0.138. The molecule has 1 aromatic carbocycles. The molecule has 0 bridgehead atoms. The Morgan fingerprint density at radius 2 is 1.58 bits per heavy atom. The Morgan fingerprint density at radius 1 is 1.00 bits per heavy atom. The number of carbonyl (C=O) groups excluding carboxylic acids is 2. The molecule has 0 aromatic heterocycles. The van der Waals surface area contributed by atoms with Crippen LogP contribution < -0.4 is 9.47 Å². The van der Waals surface area contributed by atoms with Gasteiger partial charge in [-0.15, -0.1) is 0 Å². The monoisotopic (exact) mass is 334 g/mol. The average molecular weight is 334 g/mol. The number of amides is 2. The molecule has 0 aliphatic carbocycles. The maximum atomic E-state index is 12.2. The van der Waals surface area contributed by atoms with Gasteiger partial charge in [0.2, 0.25) is 11.8 Å². The predicted molar refractivity (Wildman–Crippen MR) is 91.2 cm³/mol. The van der Waals surface area contributed by atoms with Crippen molar-refractivity contribution in [3.63, 3.8) is 0 Å². The molecule has 1 aliphatic rings. The summed E-state index contributed by atoms with van der Waals surface area (Å²) in [6, 6.07) is 7.55. The lowest BCUT2D eigenvalue weighted by atomic mass is 10.2. The van der Waals surface area contributed by atoms with E-state index < -0.39 is 0 Å². The van der Waals surface area contributed by atoms with Gasteiger partial charge in [-0.1, -0.05) is 12.1 Å². The van der Waals surface area contributed by atoms with Crippen molar-refractivity contribution in [3.05, 3.63) is 24.3 Å². The molecule has 0 saturated carbocycles. The van der Waals surface area contributed by atoms with Crippen molar-refractivity contribution in [3.8, 4) is 11.5 Å². The van der Waals surface area contributed by atoms with Crippen LogP contribution in [0.25, 0.3) is 0 Å². The first-order chi connectivity index (χ1) is 11.6. The van der Waals surface area contributed by atoms with E-state index in [1.54, 1.807) is 11.8 Å². The number of hydrogen-bond donors (Lipinski definition) is 0. The molecule has 2 rings (SSSR count). The van der Waals surface area contributed by atoms with Crippen LogP contribution >= 0.6 is 0 Å². The van der Waals surface area contributed by atoms with Crippen LogP contribution in [0.3, 0.4) is 0 Å². The highest BCUT2D eigenvalue weighted by Gasteiger charge is 2.21. The summed E-state index contributed by atoms with van der Waals surface area (Å²) in [6.07, 6.45) is 1.11. The quantitative estimate of drug-likeness (QED) is 0.715. The van der Waals surface area contributed by atoms with Crippen LogP contribution in [0.15, 0.2) is 24.3 Å². The number of para-hydroxylation sites is 2. The van der Waals surface area contributed by atoms with E-state index in [-0.39, 0.29) is 11.8 Å². The first-order valence-corrected chi connectivity index (χ1v) is 8.49. The minimum Gasteiger partial charge on any atom is -0.490 e. The second kappa shape index (κ2) is 9.15. The molecule has 1 heterocycles. The van der Waals surface area contributed by atoms with Gasteiger partial charge in [0.1, 0.15) is 0 Å². The van der Waals surface area contributed by atoms with Crippen molar-refractivity contribution in [2.45, 2.75) is 26.7 Å². The smallest absolute Gasteiger partial charge is 0.222 e. The molecule has 0 N–H and O–H groups in total. The summed E-state index contributed by atoms with van der Waals surface area (Å²) in [5, 5.41) is 0. The predicted octanol–water partition coefficient (Wildman–Crippen LogP) is 1.93. The van der Waals surface area contributed by atoms with Crippen molar-refractivity contribution < 1.29 is 19.1 Å². The van der Waals surface area contributed by atoms with Crippen LogP contribution in [0, 0.1) is 0 Å². The molecular formula is C18H26N2O4. The molecule has 1 fully saturated rings. The van der Waals surface area contributed by atoms with Gasteiger partial charge in [-0.05, 0) is 25.5 Å². The lowest BCUT2D eigenvalue weighted by Gasteiger charge is -2.34. The molecule has 6 nitrogen and oxygen atoms in total. The Labute approximate surface area is 143 Å². The van der Waals surface area contributed by atoms with E-state index in [2.05, 4.69) is 0 Å². The third kappa shape index (κ3) is 5.15. The largest absolute Gasteiger partial charge is 0.490 e. The van der Waals surface area contributed by atoms with Crippen LogP contribution in [0.4, 0.5) is 0 Å². The van der Waals surface area contributed by atoms with Crippen LogP contribution in [-0.4, -0.2) is 61.0 Å². The first kappa shape index (κ1) is 18.1. The third-order valence-corrected chi connectivity index (χ3v) is 4.02. The standard InChI is InChI=1S/C18H26N2O4/c1-3-23-16-7-4-5-8-17(16)24-14-6-9-18(22)20-12-10-19(11-13-20)15(2)21/h4-5,7-8H,3,6,9-14H2,1-2H3. The number of benzene rings is 1. The van der Waals surface area contributed by atoms with Gasteiger partial charge < -0.3 is 19.3 Å². The summed E-state index contributed by atoms with van der Waals surface area (Å²) in [5.74, 6) is 1.64. The van der Waals surface area contributed by atoms with Crippen molar-refractivity contribution in [2.24, 2.45) is 0 Å². The van der Waals surface area contributed by atoms with E-state index in [1.165, 1.54) is 0 Å². The highest BCUT2D eigenvalue weighted by atomic mass is 16.5.